The van der Waals surface area contributed by atoms with E-state index in [9.17, 15) is 4.79 Å². The highest BCUT2D eigenvalue weighted by atomic mass is 16.1. The summed E-state index contributed by atoms with van der Waals surface area (Å²) in [6.45, 7) is 1.74. The van der Waals surface area contributed by atoms with Crippen LogP contribution in [0.4, 0.5) is 0 Å². The summed E-state index contributed by atoms with van der Waals surface area (Å²) in [6.07, 6.45) is 7.08. The standard InChI is InChI=1S/C9H9NO/c1-3-7-4-6(2)9(11)5-8(7)10/h1,4H,5,10H2,2H3. The number of hydrogen-bond donors (Lipinski definition) is 1. The lowest BCUT2D eigenvalue weighted by Crippen LogP contribution is -2.13. The molecule has 0 aromatic rings. The molecule has 0 amide bonds. The van der Waals surface area contributed by atoms with Gasteiger partial charge in [-0.2, -0.15) is 0 Å². The Morgan fingerprint density at radius 1 is 1.73 bits per heavy atom. The van der Waals surface area contributed by atoms with E-state index in [4.69, 9.17) is 12.2 Å². The van der Waals surface area contributed by atoms with Crippen LogP contribution in [0.2, 0.25) is 0 Å². The Hall–Kier alpha value is -1.49. The molecule has 2 heteroatoms. The van der Waals surface area contributed by atoms with Gasteiger partial charge in [-0.3, -0.25) is 4.79 Å². The summed E-state index contributed by atoms with van der Waals surface area (Å²) in [6, 6.07) is 0. The summed E-state index contributed by atoms with van der Waals surface area (Å²) >= 11 is 0. The molecule has 0 heterocycles. The lowest BCUT2D eigenvalue weighted by atomic mass is 9.97. The SMILES string of the molecule is C#CC1=C(N)CC(=O)C(C)=C1. The van der Waals surface area contributed by atoms with E-state index in [2.05, 4.69) is 5.92 Å². The monoisotopic (exact) mass is 147 g/mol. The van der Waals surface area contributed by atoms with E-state index < -0.39 is 0 Å². The van der Waals surface area contributed by atoms with Gasteiger partial charge in [0.2, 0.25) is 0 Å². The first-order valence-corrected chi connectivity index (χ1v) is 3.32. The number of allylic oxidation sites excluding steroid dienone is 4. The van der Waals surface area contributed by atoms with E-state index in [1.807, 2.05) is 0 Å². The molecular weight excluding hydrogens is 138 g/mol. The summed E-state index contributed by atoms with van der Waals surface area (Å²) in [7, 11) is 0. The Morgan fingerprint density at radius 2 is 2.36 bits per heavy atom. The zero-order chi connectivity index (χ0) is 8.43. The van der Waals surface area contributed by atoms with E-state index in [0.717, 1.165) is 0 Å². The van der Waals surface area contributed by atoms with Crippen LogP contribution in [0, 0.1) is 12.3 Å². The van der Waals surface area contributed by atoms with Crippen LogP contribution >= 0.6 is 0 Å². The Bertz CT molecular complexity index is 302. The maximum absolute atomic E-state index is 11.0. The third-order valence-corrected chi connectivity index (χ3v) is 1.65. The molecule has 11 heavy (non-hydrogen) atoms. The summed E-state index contributed by atoms with van der Waals surface area (Å²) in [5.41, 5.74) is 7.34. The number of nitrogens with two attached hydrogens (primary N) is 1. The molecule has 0 unspecified atom stereocenters. The van der Waals surface area contributed by atoms with Crippen molar-refractivity contribution in [3.05, 3.63) is 22.9 Å². The van der Waals surface area contributed by atoms with E-state index in [1.54, 1.807) is 13.0 Å². The Morgan fingerprint density at radius 3 is 2.91 bits per heavy atom. The quantitative estimate of drug-likeness (QED) is 0.514. The minimum atomic E-state index is 0.0569. The number of Topliss-reactive ketones (excluding diaryl/α,β-unsaturated/α-hetero) is 1. The van der Waals surface area contributed by atoms with Gasteiger partial charge in [0.05, 0.1) is 6.42 Å². The van der Waals surface area contributed by atoms with E-state index in [0.29, 0.717) is 16.8 Å². The predicted octanol–water partition coefficient (Wildman–Crippen LogP) is 0.752. The van der Waals surface area contributed by atoms with Gasteiger partial charge in [-0.25, -0.2) is 0 Å². The fraction of sp³-hybridized carbons (Fsp3) is 0.222. The van der Waals surface area contributed by atoms with Crippen LogP contribution in [0.1, 0.15) is 13.3 Å². The highest BCUT2D eigenvalue weighted by Gasteiger charge is 2.13. The average molecular weight is 147 g/mol. The fourth-order valence-corrected chi connectivity index (χ4v) is 0.932. The molecule has 0 aromatic heterocycles. The first-order valence-electron chi connectivity index (χ1n) is 3.32. The fourth-order valence-electron chi connectivity index (χ4n) is 0.932. The molecule has 1 rings (SSSR count). The molecule has 0 aliphatic heterocycles. The van der Waals surface area contributed by atoms with Crippen LogP contribution < -0.4 is 5.73 Å². The van der Waals surface area contributed by atoms with Gasteiger partial charge >= 0.3 is 0 Å². The number of rotatable bonds is 0. The molecule has 0 radical (unpaired) electrons. The van der Waals surface area contributed by atoms with E-state index in [-0.39, 0.29) is 12.2 Å². The van der Waals surface area contributed by atoms with Gasteiger partial charge < -0.3 is 5.73 Å². The smallest absolute Gasteiger partial charge is 0.164 e. The van der Waals surface area contributed by atoms with Gasteiger partial charge in [0.25, 0.3) is 0 Å². The molecule has 0 aromatic carbocycles. The molecule has 0 atom stereocenters. The van der Waals surface area contributed by atoms with E-state index >= 15 is 0 Å². The topological polar surface area (TPSA) is 43.1 Å². The summed E-state index contributed by atoms with van der Waals surface area (Å²) < 4.78 is 0. The van der Waals surface area contributed by atoms with Crippen molar-refractivity contribution in [3.8, 4) is 12.3 Å². The summed E-state index contributed by atoms with van der Waals surface area (Å²) in [5, 5.41) is 0. The second-order valence-corrected chi connectivity index (χ2v) is 2.51. The predicted molar refractivity (Wildman–Crippen MR) is 43.4 cm³/mol. The first-order chi connectivity index (χ1) is 5.15. The maximum Gasteiger partial charge on any atom is 0.164 e. The number of carbonyl (C=O) groups is 1. The van der Waals surface area contributed by atoms with Crippen LogP contribution in [-0.4, -0.2) is 5.78 Å². The van der Waals surface area contributed by atoms with Crippen molar-refractivity contribution in [2.75, 3.05) is 0 Å². The van der Waals surface area contributed by atoms with Crippen molar-refractivity contribution in [3.63, 3.8) is 0 Å². The van der Waals surface area contributed by atoms with Gasteiger partial charge in [0.15, 0.2) is 5.78 Å². The molecule has 0 fully saturated rings. The van der Waals surface area contributed by atoms with Gasteiger partial charge in [0, 0.05) is 11.3 Å². The third kappa shape index (κ3) is 1.32. The molecule has 56 valence electrons. The van der Waals surface area contributed by atoms with Crippen LogP contribution in [0.15, 0.2) is 22.9 Å². The molecule has 0 saturated carbocycles. The largest absolute Gasteiger partial charge is 0.401 e. The Kier molecular flexibility index (Phi) is 1.82. The number of terminal acetylenes is 1. The van der Waals surface area contributed by atoms with Crippen molar-refractivity contribution in [2.24, 2.45) is 5.73 Å². The molecule has 0 saturated heterocycles. The van der Waals surface area contributed by atoms with Crippen molar-refractivity contribution >= 4 is 5.78 Å². The number of ketones is 1. The van der Waals surface area contributed by atoms with Crippen molar-refractivity contribution in [1.82, 2.24) is 0 Å². The van der Waals surface area contributed by atoms with Gasteiger partial charge in [0.1, 0.15) is 0 Å². The highest BCUT2D eigenvalue weighted by molar-refractivity contribution is 5.98. The van der Waals surface area contributed by atoms with Gasteiger partial charge in [-0.1, -0.05) is 5.92 Å². The molecular formula is C9H9NO. The number of carbonyl (C=O) groups excluding carboxylic acids is 1. The van der Waals surface area contributed by atoms with Crippen LogP contribution in [0.25, 0.3) is 0 Å². The first kappa shape index (κ1) is 7.62. The van der Waals surface area contributed by atoms with Crippen LogP contribution in [0.3, 0.4) is 0 Å². The lowest BCUT2D eigenvalue weighted by molar-refractivity contribution is -0.115. The van der Waals surface area contributed by atoms with Crippen molar-refractivity contribution in [2.45, 2.75) is 13.3 Å². The summed E-state index contributed by atoms with van der Waals surface area (Å²) in [5.74, 6) is 2.49. The van der Waals surface area contributed by atoms with Gasteiger partial charge in [-0.15, -0.1) is 6.42 Å². The number of hydrogen-bond acceptors (Lipinski definition) is 2. The molecule has 1 aliphatic rings. The molecule has 1 aliphatic carbocycles. The third-order valence-electron chi connectivity index (χ3n) is 1.65. The van der Waals surface area contributed by atoms with Gasteiger partial charge in [-0.05, 0) is 18.6 Å². The molecule has 2 nitrogen and oxygen atoms in total. The summed E-state index contributed by atoms with van der Waals surface area (Å²) in [4.78, 5) is 11.0. The van der Waals surface area contributed by atoms with Crippen LogP contribution in [0.5, 0.6) is 0 Å². The highest BCUT2D eigenvalue weighted by Crippen LogP contribution is 2.16. The second-order valence-electron chi connectivity index (χ2n) is 2.51. The molecule has 0 bridgehead atoms. The normalized spacial score (nSPS) is 17.8. The minimum Gasteiger partial charge on any atom is -0.401 e. The lowest BCUT2D eigenvalue weighted by Gasteiger charge is -2.09. The zero-order valence-electron chi connectivity index (χ0n) is 6.35. The molecule has 0 spiro atoms. The maximum atomic E-state index is 11.0. The van der Waals surface area contributed by atoms with Crippen molar-refractivity contribution in [1.29, 1.82) is 0 Å². The Balaban J connectivity index is 3.09. The van der Waals surface area contributed by atoms with Crippen LogP contribution in [-0.2, 0) is 4.79 Å². The van der Waals surface area contributed by atoms with E-state index in [1.165, 1.54) is 0 Å². The average Bonchev–Trinajstić information content (AvgIpc) is 1.97. The molecule has 2 N–H and O–H groups in total. The Labute approximate surface area is 65.8 Å². The second kappa shape index (κ2) is 2.63. The zero-order valence-corrected chi connectivity index (χ0v) is 6.35. The minimum absolute atomic E-state index is 0.0569. The van der Waals surface area contributed by atoms with Crippen molar-refractivity contribution < 1.29 is 4.79 Å².